The molecule has 0 saturated heterocycles. The first kappa shape index (κ1) is 27.0. The smallest absolute Gasteiger partial charge is 0.335 e. The van der Waals surface area contributed by atoms with Crippen molar-refractivity contribution >= 4 is 18.2 Å². The average Bonchev–Trinajstić information content (AvgIpc) is 3.15. The predicted molar refractivity (Wildman–Crippen MR) is 141 cm³/mol. The normalized spacial score (nSPS) is 13.7. The molecule has 0 saturated carbocycles. The molecule has 0 unspecified atom stereocenters. The number of amides is 1. The molecule has 2 aromatic rings. The monoisotopic (exact) mass is 476 g/mol. The third-order valence-corrected chi connectivity index (χ3v) is 5.15. The summed E-state index contributed by atoms with van der Waals surface area (Å²) in [6.07, 6.45) is 6.87. The molecule has 8 nitrogen and oxygen atoms in total. The summed E-state index contributed by atoms with van der Waals surface area (Å²) in [6, 6.07) is 5.39. The van der Waals surface area contributed by atoms with Crippen LogP contribution in [0.4, 0.5) is 0 Å². The lowest BCUT2D eigenvalue weighted by Gasteiger charge is -2.13. The Hall–Kier alpha value is -4.20. The van der Waals surface area contributed by atoms with Gasteiger partial charge < -0.3 is 10.4 Å². The zero-order valence-corrected chi connectivity index (χ0v) is 20.6. The van der Waals surface area contributed by atoms with Gasteiger partial charge in [0.2, 0.25) is 12.3 Å². The quantitative estimate of drug-likeness (QED) is 0.396. The van der Waals surface area contributed by atoms with E-state index in [0.717, 1.165) is 26.8 Å². The van der Waals surface area contributed by atoms with Gasteiger partial charge in [-0.2, -0.15) is 0 Å². The van der Waals surface area contributed by atoms with E-state index in [0.29, 0.717) is 36.5 Å². The van der Waals surface area contributed by atoms with Gasteiger partial charge in [0, 0.05) is 12.1 Å². The Morgan fingerprint density at radius 1 is 1.17 bits per heavy atom. The highest BCUT2D eigenvalue weighted by atomic mass is 16.3. The first-order chi connectivity index (χ1) is 16.7. The molecule has 3 N–H and O–H groups in total. The van der Waals surface area contributed by atoms with E-state index in [1.165, 1.54) is 12.5 Å². The van der Waals surface area contributed by atoms with Crippen LogP contribution in [-0.4, -0.2) is 33.3 Å². The molecule has 0 aliphatic carbocycles. The summed E-state index contributed by atoms with van der Waals surface area (Å²) in [5, 5.41) is 13.5. The molecule has 0 fully saturated rings. The van der Waals surface area contributed by atoms with Gasteiger partial charge in [0.05, 0.1) is 17.1 Å². The summed E-state index contributed by atoms with van der Waals surface area (Å²) in [6.45, 7) is 15.9. The minimum Gasteiger partial charge on any atom is -0.494 e. The second-order valence-electron chi connectivity index (χ2n) is 7.98. The van der Waals surface area contributed by atoms with Crippen molar-refractivity contribution in [2.24, 2.45) is 4.99 Å². The number of carbonyl (C=O) groups excluding carboxylic acids is 1. The van der Waals surface area contributed by atoms with Gasteiger partial charge in [-0.25, -0.2) is 14.4 Å². The Bertz CT molecular complexity index is 1340. The number of rotatable bonds is 8. The average molecular weight is 477 g/mol. The largest absolute Gasteiger partial charge is 0.494 e. The van der Waals surface area contributed by atoms with Crippen LogP contribution in [0.25, 0.3) is 11.8 Å². The van der Waals surface area contributed by atoms with E-state index in [1.807, 2.05) is 26.0 Å². The number of hydrogen-bond acceptors (Lipinski definition) is 5. The summed E-state index contributed by atoms with van der Waals surface area (Å²) in [5.74, 6) is -0.494. The first-order valence-corrected chi connectivity index (χ1v) is 11.4. The number of aromatic nitrogens is 2. The second-order valence-corrected chi connectivity index (χ2v) is 7.98. The van der Waals surface area contributed by atoms with Gasteiger partial charge in [-0.05, 0) is 49.6 Å². The van der Waals surface area contributed by atoms with Crippen LogP contribution in [0.5, 0.6) is 5.88 Å². The second kappa shape index (κ2) is 12.3. The van der Waals surface area contributed by atoms with E-state index in [9.17, 15) is 19.5 Å². The van der Waals surface area contributed by atoms with Crippen molar-refractivity contribution in [1.82, 2.24) is 14.9 Å². The lowest BCUT2D eigenvalue weighted by Crippen LogP contribution is -2.30. The Morgan fingerprint density at radius 3 is 2.43 bits per heavy atom. The number of benzene rings is 1. The van der Waals surface area contributed by atoms with Gasteiger partial charge in [-0.3, -0.25) is 14.6 Å². The SMILES string of the molecule is C=CC1=N/C(=C\c2c(O)n(-c3ccc(C)cc3C)c(=O)[nH]c2=O)C(CCNC=O)=C1C=C.CCC. The predicted octanol–water partition coefficient (Wildman–Crippen LogP) is 3.86. The Kier molecular flexibility index (Phi) is 9.52. The van der Waals surface area contributed by atoms with E-state index < -0.39 is 17.1 Å². The number of carbonyl (C=O) groups is 1. The number of aliphatic imine (C=N–C) groups is 1. The Labute approximate surface area is 204 Å². The molecule has 0 radical (unpaired) electrons. The molecule has 0 spiro atoms. The van der Waals surface area contributed by atoms with Gasteiger partial charge in [0.1, 0.15) is 5.56 Å². The molecule has 1 aromatic heterocycles. The molecule has 2 heterocycles. The zero-order chi connectivity index (χ0) is 26.1. The van der Waals surface area contributed by atoms with Crippen LogP contribution in [0.2, 0.25) is 0 Å². The fraction of sp³-hybridized carbons (Fsp3) is 0.259. The number of nitrogens with one attached hydrogen (secondary N) is 2. The Morgan fingerprint density at radius 2 is 1.86 bits per heavy atom. The molecule has 1 aliphatic heterocycles. The number of aromatic hydroxyl groups is 1. The number of hydrogen-bond donors (Lipinski definition) is 3. The molecule has 184 valence electrons. The number of allylic oxidation sites excluding steroid dienone is 4. The summed E-state index contributed by atoms with van der Waals surface area (Å²) in [5.41, 5.74) is 3.03. The summed E-state index contributed by atoms with van der Waals surface area (Å²) >= 11 is 0. The number of aromatic amines is 1. The fourth-order valence-electron chi connectivity index (χ4n) is 3.66. The molecule has 0 atom stereocenters. The molecule has 1 aromatic carbocycles. The molecule has 3 rings (SSSR count). The summed E-state index contributed by atoms with van der Waals surface area (Å²) in [7, 11) is 0. The summed E-state index contributed by atoms with van der Waals surface area (Å²) < 4.78 is 1.06. The molecular weight excluding hydrogens is 444 g/mol. The molecule has 1 amide bonds. The van der Waals surface area contributed by atoms with Crippen molar-refractivity contribution in [3.05, 3.63) is 97.9 Å². The van der Waals surface area contributed by atoms with E-state index in [1.54, 1.807) is 18.2 Å². The lowest BCUT2D eigenvalue weighted by atomic mass is 10.0. The third-order valence-electron chi connectivity index (χ3n) is 5.15. The van der Waals surface area contributed by atoms with E-state index in [4.69, 9.17) is 0 Å². The van der Waals surface area contributed by atoms with Crippen LogP contribution < -0.4 is 16.6 Å². The molecule has 35 heavy (non-hydrogen) atoms. The minimum absolute atomic E-state index is 0.113. The maximum atomic E-state index is 12.6. The number of H-pyrrole nitrogens is 1. The topological polar surface area (TPSA) is 117 Å². The van der Waals surface area contributed by atoms with Crippen LogP contribution in [0.15, 0.2) is 74.9 Å². The van der Waals surface area contributed by atoms with Crippen molar-refractivity contribution in [2.75, 3.05) is 6.54 Å². The number of nitrogens with zero attached hydrogens (tertiary/aromatic N) is 2. The highest BCUT2D eigenvalue weighted by molar-refractivity contribution is 6.14. The molecule has 8 heteroatoms. The van der Waals surface area contributed by atoms with Crippen molar-refractivity contribution in [3.63, 3.8) is 0 Å². The van der Waals surface area contributed by atoms with Crippen LogP contribution in [0.1, 0.15) is 43.4 Å². The maximum absolute atomic E-state index is 12.6. The maximum Gasteiger partial charge on any atom is 0.335 e. The van der Waals surface area contributed by atoms with Crippen LogP contribution in [0.3, 0.4) is 0 Å². The standard InChI is InChI=1S/C24H24N4O4.C3H8/c1-5-16-17(9-10-25-13-29)20(26-19(16)6-2)12-18-22(30)27-24(32)28(23(18)31)21-8-7-14(3)11-15(21)4;1-3-2/h5-8,11-13,31H,1-2,9-10H2,3-4H3,(H,25,29)(H,27,30,32);3H2,1-2H3/b20-12-;. The van der Waals surface area contributed by atoms with Crippen molar-refractivity contribution < 1.29 is 9.90 Å². The van der Waals surface area contributed by atoms with Crippen LogP contribution >= 0.6 is 0 Å². The van der Waals surface area contributed by atoms with E-state index in [-0.39, 0.29) is 5.56 Å². The van der Waals surface area contributed by atoms with Gasteiger partial charge in [0.25, 0.3) is 5.56 Å². The van der Waals surface area contributed by atoms with Gasteiger partial charge in [-0.1, -0.05) is 57.2 Å². The zero-order valence-electron chi connectivity index (χ0n) is 20.6. The number of aryl methyl sites for hydroxylation is 2. The fourth-order valence-corrected chi connectivity index (χ4v) is 3.66. The Balaban J connectivity index is 0.00000137. The molecule has 0 bridgehead atoms. The minimum atomic E-state index is -0.749. The highest BCUT2D eigenvalue weighted by Gasteiger charge is 2.22. The van der Waals surface area contributed by atoms with E-state index >= 15 is 0 Å². The van der Waals surface area contributed by atoms with Crippen LogP contribution in [0, 0.1) is 13.8 Å². The first-order valence-electron chi connectivity index (χ1n) is 11.4. The lowest BCUT2D eigenvalue weighted by molar-refractivity contribution is -0.109. The van der Waals surface area contributed by atoms with Gasteiger partial charge in [-0.15, -0.1) is 0 Å². The van der Waals surface area contributed by atoms with Gasteiger partial charge >= 0.3 is 5.69 Å². The third kappa shape index (κ3) is 6.03. The summed E-state index contributed by atoms with van der Waals surface area (Å²) in [4.78, 5) is 42.6. The van der Waals surface area contributed by atoms with E-state index in [2.05, 4.69) is 42.3 Å². The molecular formula is C27H32N4O4. The highest BCUT2D eigenvalue weighted by Crippen LogP contribution is 2.32. The molecule has 1 aliphatic rings. The van der Waals surface area contributed by atoms with Crippen molar-refractivity contribution in [3.8, 4) is 11.6 Å². The van der Waals surface area contributed by atoms with Crippen molar-refractivity contribution in [2.45, 2.75) is 40.5 Å². The van der Waals surface area contributed by atoms with Crippen molar-refractivity contribution in [1.29, 1.82) is 0 Å². The van der Waals surface area contributed by atoms with Gasteiger partial charge in [0.15, 0.2) is 0 Å². The van der Waals surface area contributed by atoms with Crippen LogP contribution in [-0.2, 0) is 4.79 Å².